The third-order valence-electron chi connectivity index (χ3n) is 6.56. The van der Waals surface area contributed by atoms with Crippen LogP contribution in [0.3, 0.4) is 0 Å². The number of H-pyrrole nitrogens is 1. The predicted molar refractivity (Wildman–Crippen MR) is 142 cm³/mol. The average molecular weight is 506 g/mol. The first kappa shape index (κ1) is 25.9. The molecule has 2 aliphatic rings. The first-order valence-electron chi connectivity index (χ1n) is 12.5. The van der Waals surface area contributed by atoms with Crippen LogP contribution in [0.4, 0.5) is 15.8 Å². The predicted octanol–water partition coefficient (Wildman–Crippen LogP) is 4.61. The van der Waals surface area contributed by atoms with Gasteiger partial charge >= 0.3 is 0 Å². The number of hydrogen-bond acceptors (Lipinski definition) is 5. The molecule has 3 aromatic rings. The molecule has 2 aliphatic heterocycles. The van der Waals surface area contributed by atoms with Gasteiger partial charge in [-0.15, -0.1) is 0 Å². The minimum atomic E-state index is -0.274. The quantitative estimate of drug-likeness (QED) is 0.425. The van der Waals surface area contributed by atoms with Gasteiger partial charge < -0.3 is 25.3 Å². The number of nitrogens with zero attached hydrogens (tertiary/aromatic N) is 2. The minimum Gasteiger partial charge on any atom is -0.494 e. The van der Waals surface area contributed by atoms with Crippen molar-refractivity contribution in [2.45, 2.75) is 32.6 Å². The van der Waals surface area contributed by atoms with Crippen molar-refractivity contribution in [1.82, 2.24) is 20.2 Å². The normalized spacial score (nSPS) is 14.2. The fraction of sp³-hybridized carbons (Fsp3) is 0.321. The summed E-state index contributed by atoms with van der Waals surface area (Å²) in [7, 11) is 1.57. The van der Waals surface area contributed by atoms with Crippen LogP contribution < -0.4 is 15.4 Å². The van der Waals surface area contributed by atoms with E-state index in [4.69, 9.17) is 4.74 Å². The third kappa shape index (κ3) is 5.50. The number of carbonyl (C=O) groups is 2. The van der Waals surface area contributed by atoms with E-state index in [9.17, 15) is 14.0 Å². The molecule has 1 aromatic carbocycles. The van der Waals surface area contributed by atoms with Crippen LogP contribution in [0.2, 0.25) is 0 Å². The van der Waals surface area contributed by atoms with Crippen molar-refractivity contribution in [1.29, 1.82) is 0 Å². The van der Waals surface area contributed by atoms with Crippen molar-refractivity contribution in [3.8, 4) is 17.0 Å². The Morgan fingerprint density at radius 1 is 1.30 bits per heavy atom. The molecule has 1 saturated heterocycles. The number of hydrogen-bond donors (Lipinski definition) is 3. The van der Waals surface area contributed by atoms with Gasteiger partial charge in [0.15, 0.2) is 0 Å². The lowest BCUT2D eigenvalue weighted by Gasteiger charge is -2.17. The summed E-state index contributed by atoms with van der Waals surface area (Å²) >= 11 is 0. The Bertz CT molecular complexity index is 1300. The van der Waals surface area contributed by atoms with Crippen LogP contribution in [0.25, 0.3) is 11.3 Å². The van der Waals surface area contributed by atoms with E-state index in [1.165, 1.54) is 12.1 Å². The molecule has 3 N–H and O–H groups in total. The number of aromatic amines is 1. The lowest BCUT2D eigenvalue weighted by Crippen LogP contribution is -2.31. The molecule has 0 aliphatic carbocycles. The molecule has 9 heteroatoms. The van der Waals surface area contributed by atoms with Gasteiger partial charge in [0, 0.05) is 54.8 Å². The summed E-state index contributed by atoms with van der Waals surface area (Å²) in [5, 5.41) is 6.19. The number of benzene rings is 1. The Morgan fingerprint density at radius 3 is 2.78 bits per heavy atom. The van der Waals surface area contributed by atoms with E-state index >= 15 is 0 Å². The number of halogens is 1. The molecule has 0 spiro atoms. The van der Waals surface area contributed by atoms with Crippen LogP contribution in [0.1, 0.15) is 41.4 Å². The van der Waals surface area contributed by atoms with Gasteiger partial charge in [-0.3, -0.25) is 14.6 Å². The van der Waals surface area contributed by atoms with Crippen molar-refractivity contribution >= 4 is 23.2 Å². The number of aromatic nitrogens is 2. The van der Waals surface area contributed by atoms with Crippen molar-refractivity contribution < 1.29 is 18.7 Å². The summed E-state index contributed by atoms with van der Waals surface area (Å²) in [5.74, 6) is 0.227. The molecule has 2 aromatic heterocycles. The lowest BCUT2D eigenvalue weighted by atomic mass is 10.0. The van der Waals surface area contributed by atoms with E-state index in [-0.39, 0.29) is 17.6 Å². The van der Waals surface area contributed by atoms with Crippen LogP contribution >= 0.6 is 0 Å². The Labute approximate surface area is 215 Å². The topological polar surface area (TPSA) is 99.3 Å². The van der Waals surface area contributed by atoms with Gasteiger partial charge in [-0.2, -0.15) is 0 Å². The zero-order valence-electron chi connectivity index (χ0n) is 21.2. The zero-order valence-corrected chi connectivity index (χ0v) is 21.2. The highest BCUT2D eigenvalue weighted by Gasteiger charge is 2.28. The highest BCUT2D eigenvalue weighted by atomic mass is 19.1. The monoisotopic (exact) mass is 505 g/mol. The number of pyridine rings is 1. The van der Waals surface area contributed by atoms with Crippen molar-refractivity contribution in [2.24, 2.45) is 0 Å². The molecule has 0 bridgehead atoms. The van der Waals surface area contributed by atoms with E-state index in [2.05, 4.69) is 27.2 Å². The number of nitrogens with one attached hydrogen (secondary N) is 3. The van der Waals surface area contributed by atoms with Gasteiger partial charge in [0.25, 0.3) is 5.91 Å². The zero-order chi connectivity index (χ0) is 26.4. The maximum Gasteiger partial charge on any atom is 0.255 e. The molecule has 5 rings (SSSR count). The summed E-state index contributed by atoms with van der Waals surface area (Å²) in [6.07, 6.45) is 8.19. The van der Waals surface area contributed by atoms with E-state index in [1.54, 1.807) is 25.6 Å². The highest BCUT2D eigenvalue weighted by molar-refractivity contribution is 6.06. The van der Waals surface area contributed by atoms with Gasteiger partial charge in [-0.25, -0.2) is 4.39 Å². The van der Waals surface area contributed by atoms with Gasteiger partial charge in [-0.1, -0.05) is 19.6 Å². The molecule has 8 nitrogen and oxygen atoms in total. The Balaban J connectivity index is 0.000000301. The SMILES string of the molecule is C=CC(=O)N1CCCC1.CCc1c(F)cccc1Nc1c(-c2ccncc2OC)[nH]c2c1C(=O)NCC2. The fourth-order valence-corrected chi connectivity index (χ4v) is 4.69. The Kier molecular flexibility index (Phi) is 8.22. The first-order chi connectivity index (χ1) is 18.0. The van der Waals surface area contributed by atoms with Gasteiger partial charge in [0.2, 0.25) is 5.91 Å². The van der Waals surface area contributed by atoms with Gasteiger partial charge in [0.05, 0.1) is 30.3 Å². The number of fused-ring (bicyclic) bond motifs is 1. The molecule has 0 atom stereocenters. The summed E-state index contributed by atoms with van der Waals surface area (Å²) < 4.78 is 19.7. The second kappa shape index (κ2) is 11.7. The van der Waals surface area contributed by atoms with Crippen LogP contribution in [0, 0.1) is 5.82 Å². The second-order valence-electron chi connectivity index (χ2n) is 8.79. The number of amides is 2. The van der Waals surface area contributed by atoms with Crippen molar-refractivity contribution in [2.75, 3.05) is 32.1 Å². The summed E-state index contributed by atoms with van der Waals surface area (Å²) in [4.78, 5) is 32.8. The van der Waals surface area contributed by atoms with E-state index in [0.717, 1.165) is 37.2 Å². The van der Waals surface area contributed by atoms with E-state index in [0.29, 0.717) is 53.3 Å². The van der Waals surface area contributed by atoms with E-state index < -0.39 is 0 Å². The Morgan fingerprint density at radius 2 is 2.08 bits per heavy atom. The van der Waals surface area contributed by atoms with Crippen LogP contribution in [0.5, 0.6) is 5.75 Å². The first-order valence-corrected chi connectivity index (χ1v) is 12.5. The molecular weight excluding hydrogens is 473 g/mol. The van der Waals surface area contributed by atoms with E-state index in [1.807, 2.05) is 24.0 Å². The van der Waals surface area contributed by atoms with Crippen molar-refractivity contribution in [3.05, 3.63) is 72.0 Å². The number of ether oxygens (including phenoxy) is 1. The number of rotatable bonds is 6. The molecule has 194 valence electrons. The molecule has 0 radical (unpaired) electrons. The molecule has 2 amide bonds. The van der Waals surface area contributed by atoms with Crippen LogP contribution in [-0.4, -0.2) is 53.4 Å². The number of methoxy groups -OCH3 is 1. The highest BCUT2D eigenvalue weighted by Crippen LogP contribution is 2.40. The number of anilines is 2. The Hall–Kier alpha value is -4.14. The average Bonchev–Trinajstić information content (AvgIpc) is 3.58. The summed E-state index contributed by atoms with van der Waals surface area (Å²) in [6.45, 7) is 7.72. The van der Waals surface area contributed by atoms with Crippen molar-refractivity contribution in [3.63, 3.8) is 0 Å². The lowest BCUT2D eigenvalue weighted by molar-refractivity contribution is -0.124. The van der Waals surface area contributed by atoms with Crippen LogP contribution in [-0.2, 0) is 17.6 Å². The molecular formula is C28H32FN5O3. The molecule has 4 heterocycles. The minimum absolute atomic E-state index is 0.0764. The third-order valence-corrected chi connectivity index (χ3v) is 6.56. The second-order valence-corrected chi connectivity index (χ2v) is 8.79. The van der Waals surface area contributed by atoms with Gasteiger partial charge in [0.1, 0.15) is 11.6 Å². The molecule has 0 saturated carbocycles. The standard InChI is InChI=1S/C21H21FN4O2.C7H11NO/c1-3-12-14(22)5-4-6-15(12)25-20-18-16(8-10-24-21(18)27)26-19(20)13-7-9-23-11-17(13)28-2;1-2-7(9)8-5-3-4-6-8/h4-7,9,11,25-26H,3,8,10H2,1-2H3,(H,24,27);2H,1,3-6H2. The number of likely N-dealkylation sites (tertiary alicyclic amines) is 1. The van der Waals surface area contributed by atoms with Gasteiger partial charge in [-0.05, 0) is 43.5 Å². The number of carbonyl (C=O) groups excluding carboxylic acids is 2. The van der Waals surface area contributed by atoms with Crippen LogP contribution in [0.15, 0.2) is 49.3 Å². The smallest absolute Gasteiger partial charge is 0.255 e. The fourth-order valence-electron chi connectivity index (χ4n) is 4.69. The summed E-state index contributed by atoms with van der Waals surface area (Å²) in [5.41, 5.74) is 4.69. The maximum atomic E-state index is 14.3. The largest absolute Gasteiger partial charge is 0.494 e. The molecule has 1 fully saturated rings. The summed E-state index contributed by atoms with van der Waals surface area (Å²) in [6, 6.07) is 6.74. The molecule has 0 unspecified atom stereocenters. The maximum absolute atomic E-state index is 14.3. The molecule has 37 heavy (non-hydrogen) atoms.